The molecule has 0 spiro atoms. The van der Waals surface area contributed by atoms with E-state index in [1.54, 1.807) is 20.8 Å². The number of halogens is 1. The normalized spacial score (nSPS) is 10.9. The monoisotopic (exact) mass is 252 g/mol. The summed E-state index contributed by atoms with van der Waals surface area (Å²) < 4.78 is 13.0. The van der Waals surface area contributed by atoms with Crippen LogP contribution in [-0.2, 0) is 4.79 Å². The third kappa shape index (κ3) is 3.55. The van der Waals surface area contributed by atoms with Gasteiger partial charge in [0, 0.05) is 12.5 Å². The Bertz CT molecular complexity index is 466. The van der Waals surface area contributed by atoms with Gasteiger partial charge in [0.25, 0.3) is 5.91 Å². The van der Waals surface area contributed by atoms with Crippen LogP contribution in [0.2, 0.25) is 0 Å². The first-order valence-corrected chi connectivity index (χ1v) is 5.59. The lowest BCUT2D eigenvalue weighted by atomic mass is 10.1. The highest BCUT2D eigenvalue weighted by Gasteiger charge is 2.26. The summed E-state index contributed by atoms with van der Waals surface area (Å²) in [5.41, 5.74) is 2.10. The van der Waals surface area contributed by atoms with E-state index in [1.165, 1.54) is 30.1 Å². The largest absolute Gasteiger partial charge is 0.273 e. The summed E-state index contributed by atoms with van der Waals surface area (Å²) >= 11 is 0. The minimum Gasteiger partial charge on any atom is -0.273 e. The number of rotatable bonds is 1. The van der Waals surface area contributed by atoms with Crippen molar-refractivity contribution in [2.24, 2.45) is 0 Å². The number of carbonyl (C=O) groups is 2. The third-order valence-electron chi connectivity index (χ3n) is 2.29. The van der Waals surface area contributed by atoms with E-state index in [2.05, 4.69) is 5.43 Å². The van der Waals surface area contributed by atoms with Gasteiger partial charge < -0.3 is 0 Å². The fourth-order valence-corrected chi connectivity index (χ4v) is 1.51. The van der Waals surface area contributed by atoms with Crippen LogP contribution < -0.4 is 5.43 Å². The van der Waals surface area contributed by atoms with Crippen molar-refractivity contribution in [3.05, 3.63) is 35.6 Å². The quantitative estimate of drug-likeness (QED) is 0.778. The predicted molar refractivity (Wildman–Crippen MR) is 66.1 cm³/mol. The third-order valence-corrected chi connectivity index (χ3v) is 2.29. The van der Waals surface area contributed by atoms with Gasteiger partial charge >= 0.3 is 0 Å². The lowest BCUT2D eigenvalue weighted by molar-refractivity contribution is -0.136. The van der Waals surface area contributed by atoms with Crippen LogP contribution in [0.5, 0.6) is 0 Å². The van der Waals surface area contributed by atoms with Gasteiger partial charge in [0.2, 0.25) is 5.91 Å². The minimum absolute atomic E-state index is 0.172. The Morgan fingerprint density at radius 1 is 1.28 bits per heavy atom. The van der Waals surface area contributed by atoms with Gasteiger partial charge in [-0.3, -0.25) is 15.0 Å². The zero-order chi connectivity index (χ0) is 13.9. The zero-order valence-corrected chi connectivity index (χ0v) is 11.0. The van der Waals surface area contributed by atoms with Crippen molar-refractivity contribution in [3.8, 4) is 0 Å². The molecule has 0 aliphatic rings. The molecule has 0 aromatic heterocycles. The summed E-state index contributed by atoms with van der Waals surface area (Å²) in [6, 6.07) is 5.30. The molecular weight excluding hydrogens is 235 g/mol. The topological polar surface area (TPSA) is 49.4 Å². The van der Waals surface area contributed by atoms with Crippen molar-refractivity contribution in [1.82, 2.24) is 10.4 Å². The average Bonchev–Trinajstić information content (AvgIpc) is 2.23. The number of nitrogens with one attached hydrogen (secondary N) is 1. The van der Waals surface area contributed by atoms with Gasteiger partial charge in [0.1, 0.15) is 5.82 Å². The standard InChI is InChI=1S/C13H17FN2O2/c1-9(17)16(13(2,3)4)15-12(18)10-6-5-7-11(14)8-10/h5-8H,1-4H3,(H,15,18). The summed E-state index contributed by atoms with van der Waals surface area (Å²) in [7, 11) is 0. The van der Waals surface area contributed by atoms with Gasteiger partial charge in [0.15, 0.2) is 0 Å². The van der Waals surface area contributed by atoms with Crippen molar-refractivity contribution in [2.45, 2.75) is 33.2 Å². The second-order valence-corrected chi connectivity index (χ2v) is 4.98. The summed E-state index contributed by atoms with van der Waals surface area (Å²) in [5, 5.41) is 1.22. The molecule has 0 heterocycles. The zero-order valence-electron chi connectivity index (χ0n) is 11.0. The lowest BCUT2D eigenvalue weighted by Crippen LogP contribution is -2.55. The first-order chi connectivity index (χ1) is 8.21. The van der Waals surface area contributed by atoms with E-state index < -0.39 is 17.3 Å². The van der Waals surface area contributed by atoms with Gasteiger partial charge in [-0.15, -0.1) is 0 Å². The molecule has 18 heavy (non-hydrogen) atoms. The first kappa shape index (κ1) is 14.2. The van der Waals surface area contributed by atoms with E-state index in [0.717, 1.165) is 6.07 Å². The summed E-state index contributed by atoms with van der Waals surface area (Å²) in [6.07, 6.45) is 0. The van der Waals surface area contributed by atoms with Crippen molar-refractivity contribution >= 4 is 11.8 Å². The van der Waals surface area contributed by atoms with Crippen molar-refractivity contribution < 1.29 is 14.0 Å². The van der Waals surface area contributed by atoms with E-state index in [-0.39, 0.29) is 11.5 Å². The Morgan fingerprint density at radius 2 is 1.89 bits per heavy atom. The number of nitrogens with zero attached hydrogens (tertiary/aromatic N) is 1. The van der Waals surface area contributed by atoms with E-state index in [4.69, 9.17) is 0 Å². The van der Waals surface area contributed by atoms with Crippen LogP contribution in [0, 0.1) is 5.82 Å². The highest BCUT2D eigenvalue weighted by molar-refractivity contribution is 5.95. The van der Waals surface area contributed by atoms with Gasteiger partial charge in [0.05, 0.1) is 5.54 Å². The molecule has 0 fully saturated rings. The fourth-order valence-electron chi connectivity index (χ4n) is 1.51. The van der Waals surface area contributed by atoms with Gasteiger partial charge in [-0.25, -0.2) is 9.40 Å². The molecule has 1 N–H and O–H groups in total. The van der Waals surface area contributed by atoms with Crippen molar-refractivity contribution in [3.63, 3.8) is 0 Å². The number of benzene rings is 1. The van der Waals surface area contributed by atoms with Crippen LogP contribution in [0.3, 0.4) is 0 Å². The van der Waals surface area contributed by atoms with Crippen LogP contribution in [-0.4, -0.2) is 22.4 Å². The average molecular weight is 252 g/mol. The van der Waals surface area contributed by atoms with Crippen molar-refractivity contribution in [2.75, 3.05) is 0 Å². The predicted octanol–water partition coefficient (Wildman–Crippen LogP) is 2.12. The fraction of sp³-hybridized carbons (Fsp3) is 0.385. The van der Waals surface area contributed by atoms with Crippen LogP contribution in [0.25, 0.3) is 0 Å². The number of carbonyl (C=O) groups excluding carboxylic acids is 2. The molecule has 0 bridgehead atoms. The molecule has 0 atom stereocenters. The van der Waals surface area contributed by atoms with Crippen molar-refractivity contribution in [1.29, 1.82) is 0 Å². The summed E-state index contributed by atoms with van der Waals surface area (Å²) in [4.78, 5) is 23.3. The number of hydrogen-bond acceptors (Lipinski definition) is 2. The Labute approximate surface area is 106 Å². The molecule has 2 amide bonds. The molecule has 0 saturated carbocycles. The van der Waals surface area contributed by atoms with Gasteiger partial charge in [-0.2, -0.15) is 0 Å². The highest BCUT2D eigenvalue weighted by atomic mass is 19.1. The lowest BCUT2D eigenvalue weighted by Gasteiger charge is -2.34. The molecule has 1 rings (SSSR count). The maximum absolute atomic E-state index is 13.0. The molecule has 0 aliphatic heterocycles. The van der Waals surface area contributed by atoms with Crippen LogP contribution in [0.4, 0.5) is 4.39 Å². The molecular formula is C13H17FN2O2. The highest BCUT2D eigenvalue weighted by Crippen LogP contribution is 2.11. The second-order valence-electron chi connectivity index (χ2n) is 4.98. The molecule has 0 saturated heterocycles. The molecule has 5 heteroatoms. The maximum atomic E-state index is 13.0. The smallest absolute Gasteiger partial charge is 0.269 e. The first-order valence-electron chi connectivity index (χ1n) is 5.59. The Morgan fingerprint density at radius 3 is 2.33 bits per heavy atom. The number of hydrazine groups is 1. The molecule has 98 valence electrons. The number of hydrogen-bond donors (Lipinski definition) is 1. The molecule has 0 aliphatic carbocycles. The van der Waals surface area contributed by atoms with Crippen LogP contribution >= 0.6 is 0 Å². The van der Waals surface area contributed by atoms with Crippen LogP contribution in [0.15, 0.2) is 24.3 Å². The van der Waals surface area contributed by atoms with E-state index >= 15 is 0 Å². The molecule has 1 aromatic rings. The SMILES string of the molecule is CC(=O)N(NC(=O)c1cccc(F)c1)C(C)(C)C. The van der Waals surface area contributed by atoms with Gasteiger partial charge in [-0.1, -0.05) is 6.07 Å². The molecule has 1 aromatic carbocycles. The van der Waals surface area contributed by atoms with Gasteiger partial charge in [-0.05, 0) is 39.0 Å². The maximum Gasteiger partial charge on any atom is 0.269 e. The Balaban J connectivity index is 2.89. The molecule has 0 radical (unpaired) electrons. The van der Waals surface area contributed by atoms with Crippen LogP contribution in [0.1, 0.15) is 38.1 Å². The Hall–Kier alpha value is -1.91. The van der Waals surface area contributed by atoms with E-state index in [1.807, 2.05) is 0 Å². The van der Waals surface area contributed by atoms with E-state index in [0.29, 0.717) is 0 Å². The minimum atomic E-state index is -0.547. The van der Waals surface area contributed by atoms with E-state index in [9.17, 15) is 14.0 Å². The second kappa shape index (κ2) is 5.16. The Kier molecular flexibility index (Phi) is 4.06. The molecule has 0 unspecified atom stereocenters. The summed E-state index contributed by atoms with van der Waals surface area (Å²) in [5.74, 6) is -1.29. The number of amides is 2. The molecule has 4 nitrogen and oxygen atoms in total. The summed E-state index contributed by atoms with van der Waals surface area (Å²) in [6.45, 7) is 6.73.